The van der Waals surface area contributed by atoms with Crippen molar-refractivity contribution in [1.29, 1.82) is 0 Å². The van der Waals surface area contributed by atoms with E-state index in [-0.39, 0.29) is 35.4 Å². The molecule has 3 fully saturated rings. The summed E-state index contributed by atoms with van der Waals surface area (Å²) in [6.45, 7) is 2.41. The van der Waals surface area contributed by atoms with Crippen molar-refractivity contribution in [2.24, 2.45) is 5.92 Å². The molecule has 3 aliphatic rings. The summed E-state index contributed by atoms with van der Waals surface area (Å²) in [4.78, 5) is 28.6. The zero-order chi connectivity index (χ0) is 23.2. The highest BCUT2D eigenvalue weighted by molar-refractivity contribution is 5.96. The summed E-state index contributed by atoms with van der Waals surface area (Å²) in [6, 6.07) is 3.27. The van der Waals surface area contributed by atoms with Crippen LogP contribution in [-0.4, -0.2) is 59.4 Å². The number of alkyl halides is 3. The maximum absolute atomic E-state index is 13.6. The molecular weight excluding hydrogens is 437 g/mol. The molecule has 1 N–H and O–H groups in total. The van der Waals surface area contributed by atoms with Crippen LogP contribution in [0.4, 0.5) is 19.0 Å². The summed E-state index contributed by atoms with van der Waals surface area (Å²) in [5, 5.41) is 11.5. The quantitative estimate of drug-likeness (QED) is 0.642. The van der Waals surface area contributed by atoms with Crippen molar-refractivity contribution in [3.63, 3.8) is 0 Å². The van der Waals surface area contributed by atoms with Gasteiger partial charge in [-0.2, -0.15) is 23.4 Å². The predicted molar refractivity (Wildman–Crippen MR) is 111 cm³/mol. The van der Waals surface area contributed by atoms with Crippen LogP contribution in [0.1, 0.15) is 41.1 Å². The fourth-order valence-corrected chi connectivity index (χ4v) is 4.67. The van der Waals surface area contributed by atoms with Crippen molar-refractivity contribution in [3.8, 4) is 5.69 Å². The van der Waals surface area contributed by atoms with Gasteiger partial charge < -0.3 is 10.2 Å². The van der Waals surface area contributed by atoms with Gasteiger partial charge in [-0.15, -0.1) is 4.80 Å². The summed E-state index contributed by atoms with van der Waals surface area (Å²) in [5.74, 6) is 0.309. The Balaban J connectivity index is 1.39. The molecule has 172 valence electrons. The number of piperidine rings is 2. The Morgan fingerprint density at radius 3 is 2.58 bits per heavy atom. The Hall–Kier alpha value is -3.57. The molecule has 3 aromatic rings. The number of carbonyl (C=O) groups is 1. The zero-order valence-electron chi connectivity index (χ0n) is 17.7. The lowest BCUT2D eigenvalue weighted by Gasteiger charge is -2.50. The minimum absolute atomic E-state index is 0.146. The highest BCUT2D eigenvalue weighted by Crippen LogP contribution is 2.37. The second kappa shape index (κ2) is 8.09. The molecule has 33 heavy (non-hydrogen) atoms. The van der Waals surface area contributed by atoms with E-state index in [4.69, 9.17) is 0 Å². The lowest BCUT2D eigenvalue weighted by molar-refractivity contribution is -0.141. The van der Waals surface area contributed by atoms with Crippen LogP contribution in [0.3, 0.4) is 0 Å². The molecule has 6 rings (SSSR count). The number of aryl methyl sites for hydroxylation is 1. The third kappa shape index (κ3) is 4.12. The van der Waals surface area contributed by atoms with Gasteiger partial charge in [0.1, 0.15) is 11.5 Å². The summed E-state index contributed by atoms with van der Waals surface area (Å²) in [5.41, 5.74) is 0.424. The van der Waals surface area contributed by atoms with E-state index in [2.05, 4.69) is 30.5 Å². The largest absolute Gasteiger partial charge is 0.434 e. The Morgan fingerprint density at radius 1 is 1.12 bits per heavy atom. The Kier molecular flexibility index (Phi) is 5.22. The number of pyridine rings is 1. The van der Waals surface area contributed by atoms with E-state index >= 15 is 0 Å². The zero-order valence-corrected chi connectivity index (χ0v) is 17.7. The molecule has 12 heteroatoms. The smallest absolute Gasteiger partial charge is 0.364 e. The maximum Gasteiger partial charge on any atom is 0.434 e. The molecular formula is C21H21F3N8O. The van der Waals surface area contributed by atoms with Gasteiger partial charge in [0.15, 0.2) is 11.4 Å². The standard InChI is InChI=1S/C21H21F3N8O/c1-12-2-4-16(32-27-6-7-28-32)19(29-12)20(33)31-11-13-3-5-15(31)14(8-13)30-18-10-25-17(9-26-18)21(22,23)24/h2,4,6-7,9-10,13-15H,3,5,8,11H2,1H3,(H,26,30)/t13-,14+,15+/m1/s1. The number of rotatable bonds is 4. The van der Waals surface area contributed by atoms with Gasteiger partial charge >= 0.3 is 6.18 Å². The number of amides is 1. The van der Waals surface area contributed by atoms with Crippen LogP contribution < -0.4 is 5.32 Å². The van der Waals surface area contributed by atoms with Gasteiger partial charge in [0.2, 0.25) is 0 Å². The highest BCUT2D eigenvalue weighted by atomic mass is 19.4. The fraction of sp³-hybridized carbons (Fsp3) is 0.429. The first-order valence-electron chi connectivity index (χ1n) is 10.6. The van der Waals surface area contributed by atoms with Crippen LogP contribution in [0.15, 0.2) is 36.9 Å². The number of hydrogen-bond acceptors (Lipinski definition) is 7. The second-order valence-corrected chi connectivity index (χ2v) is 8.38. The molecule has 0 unspecified atom stereocenters. The molecule has 3 atom stereocenters. The highest BCUT2D eigenvalue weighted by Gasteiger charge is 2.44. The molecule has 0 spiro atoms. The average molecular weight is 458 g/mol. The third-order valence-corrected chi connectivity index (χ3v) is 6.16. The molecule has 2 aliphatic heterocycles. The van der Waals surface area contributed by atoms with E-state index < -0.39 is 11.9 Å². The fourth-order valence-electron chi connectivity index (χ4n) is 4.67. The van der Waals surface area contributed by atoms with E-state index in [0.29, 0.717) is 24.1 Å². The Morgan fingerprint density at radius 2 is 1.91 bits per heavy atom. The van der Waals surface area contributed by atoms with Crippen molar-refractivity contribution in [2.75, 3.05) is 11.9 Å². The van der Waals surface area contributed by atoms with Crippen LogP contribution in [-0.2, 0) is 6.18 Å². The lowest BCUT2D eigenvalue weighted by Crippen LogP contribution is -2.60. The first-order chi connectivity index (χ1) is 15.8. The van der Waals surface area contributed by atoms with Crippen LogP contribution in [0.25, 0.3) is 5.69 Å². The van der Waals surface area contributed by atoms with Gasteiger partial charge in [-0.3, -0.25) is 4.79 Å². The number of halogens is 3. The topological polar surface area (TPSA) is 102 Å². The number of aromatic nitrogens is 6. The minimum atomic E-state index is -4.54. The first kappa shape index (κ1) is 21.3. The van der Waals surface area contributed by atoms with E-state index in [1.165, 1.54) is 17.2 Å². The number of anilines is 1. The maximum atomic E-state index is 13.6. The molecule has 1 saturated carbocycles. The van der Waals surface area contributed by atoms with Crippen molar-refractivity contribution < 1.29 is 18.0 Å². The summed E-state index contributed by atoms with van der Waals surface area (Å²) in [6.07, 6.45) is 2.88. The summed E-state index contributed by atoms with van der Waals surface area (Å²) in [7, 11) is 0. The third-order valence-electron chi connectivity index (χ3n) is 6.16. The minimum Gasteiger partial charge on any atom is -0.364 e. The first-order valence-corrected chi connectivity index (χ1v) is 10.6. The number of carbonyl (C=O) groups excluding carboxylic acids is 1. The van der Waals surface area contributed by atoms with Crippen molar-refractivity contribution in [1.82, 2.24) is 34.8 Å². The number of hydrogen-bond donors (Lipinski definition) is 1. The average Bonchev–Trinajstić information content (AvgIpc) is 3.33. The normalized spacial score (nSPS) is 22.4. The van der Waals surface area contributed by atoms with Crippen LogP contribution in [0.2, 0.25) is 0 Å². The van der Waals surface area contributed by atoms with Crippen molar-refractivity contribution >= 4 is 11.7 Å². The van der Waals surface area contributed by atoms with Gasteiger partial charge in [-0.25, -0.2) is 15.0 Å². The van der Waals surface area contributed by atoms with E-state index in [0.717, 1.165) is 25.5 Å². The van der Waals surface area contributed by atoms with Gasteiger partial charge in [0.25, 0.3) is 5.91 Å². The molecule has 1 aliphatic carbocycles. The van der Waals surface area contributed by atoms with Gasteiger partial charge in [-0.05, 0) is 44.2 Å². The summed E-state index contributed by atoms with van der Waals surface area (Å²) < 4.78 is 38.3. The molecule has 5 heterocycles. The molecule has 0 radical (unpaired) electrons. The van der Waals surface area contributed by atoms with Crippen LogP contribution in [0, 0.1) is 12.8 Å². The lowest BCUT2D eigenvalue weighted by atomic mass is 9.76. The Bertz CT molecular complexity index is 1150. The SMILES string of the molecule is Cc1ccc(-n2nccn2)c(C(=O)N2C[C@@H]3CC[C@H]2[C@@H](Nc2cnc(C(F)(F)F)cn2)C3)n1. The van der Waals surface area contributed by atoms with E-state index in [9.17, 15) is 18.0 Å². The number of fused-ring (bicyclic) bond motifs is 3. The van der Waals surface area contributed by atoms with Gasteiger partial charge in [0.05, 0.1) is 30.8 Å². The van der Waals surface area contributed by atoms with Crippen LogP contribution in [0.5, 0.6) is 0 Å². The van der Waals surface area contributed by atoms with Gasteiger partial charge in [0, 0.05) is 18.3 Å². The van der Waals surface area contributed by atoms with Gasteiger partial charge in [-0.1, -0.05) is 0 Å². The van der Waals surface area contributed by atoms with E-state index in [1.807, 2.05) is 11.8 Å². The molecule has 2 saturated heterocycles. The molecule has 2 bridgehead atoms. The number of nitrogens with one attached hydrogen (secondary N) is 1. The predicted octanol–water partition coefficient (Wildman–Crippen LogP) is 2.88. The van der Waals surface area contributed by atoms with Crippen LogP contribution >= 0.6 is 0 Å². The number of nitrogens with zero attached hydrogens (tertiary/aromatic N) is 7. The molecule has 9 nitrogen and oxygen atoms in total. The van der Waals surface area contributed by atoms with Crippen molar-refractivity contribution in [3.05, 3.63) is 54.0 Å². The Labute approximate surface area is 187 Å². The second-order valence-electron chi connectivity index (χ2n) is 8.38. The summed E-state index contributed by atoms with van der Waals surface area (Å²) >= 11 is 0. The monoisotopic (exact) mass is 458 g/mol. The molecule has 3 aromatic heterocycles. The molecule has 1 amide bonds. The van der Waals surface area contributed by atoms with Crippen molar-refractivity contribution in [2.45, 2.75) is 44.4 Å². The van der Waals surface area contributed by atoms with E-state index in [1.54, 1.807) is 12.1 Å². The molecule has 0 aromatic carbocycles.